The number of fused-ring (bicyclic) bond motifs is 1. The van der Waals surface area contributed by atoms with Gasteiger partial charge in [0.2, 0.25) is 11.9 Å². The second-order valence-electron chi connectivity index (χ2n) is 10.4. The van der Waals surface area contributed by atoms with Crippen LogP contribution in [0.2, 0.25) is 0 Å². The number of ketones is 1. The van der Waals surface area contributed by atoms with Gasteiger partial charge >= 0.3 is 0 Å². The Bertz CT molecular complexity index is 1050. The Morgan fingerprint density at radius 2 is 1.94 bits per heavy atom. The van der Waals surface area contributed by atoms with Crippen molar-refractivity contribution < 1.29 is 9.59 Å². The number of nitrogens with zero attached hydrogens (tertiary/aromatic N) is 4. The molecular formula is C26H35N5O2. The maximum absolute atomic E-state index is 12.5. The van der Waals surface area contributed by atoms with Gasteiger partial charge in [-0.05, 0) is 43.0 Å². The summed E-state index contributed by atoms with van der Waals surface area (Å²) >= 11 is 0. The van der Waals surface area contributed by atoms with E-state index >= 15 is 0 Å². The molecule has 1 aliphatic carbocycles. The maximum atomic E-state index is 12.5. The van der Waals surface area contributed by atoms with Crippen LogP contribution in [0.4, 0.5) is 23.1 Å². The molecule has 0 spiro atoms. The Kier molecular flexibility index (Phi) is 6.41. The number of hydrogen-bond donors (Lipinski definition) is 1. The highest BCUT2D eigenvalue weighted by Crippen LogP contribution is 2.36. The molecule has 0 radical (unpaired) electrons. The quantitative estimate of drug-likeness (QED) is 0.706. The van der Waals surface area contributed by atoms with Crippen molar-refractivity contribution in [1.29, 1.82) is 0 Å². The number of nitrogens with one attached hydrogen (secondary N) is 1. The smallest absolute Gasteiger partial charge is 0.229 e. The first-order valence-corrected chi connectivity index (χ1v) is 11.9. The molecule has 1 aromatic carbocycles. The molecule has 33 heavy (non-hydrogen) atoms. The lowest BCUT2D eigenvalue weighted by molar-refractivity contribution is -0.125. The molecule has 176 valence electrons. The number of benzene rings is 1. The van der Waals surface area contributed by atoms with E-state index in [0.29, 0.717) is 31.4 Å². The molecule has 2 aliphatic rings. The van der Waals surface area contributed by atoms with Crippen molar-refractivity contribution in [2.75, 3.05) is 28.7 Å². The van der Waals surface area contributed by atoms with Crippen LogP contribution in [-0.2, 0) is 16.0 Å². The second kappa shape index (κ2) is 9.12. The highest BCUT2D eigenvalue weighted by molar-refractivity contribution is 5.97. The fourth-order valence-electron chi connectivity index (χ4n) is 4.61. The zero-order valence-corrected chi connectivity index (χ0v) is 20.4. The molecule has 2 aromatic rings. The lowest BCUT2D eigenvalue weighted by Crippen LogP contribution is -2.34. The zero-order chi connectivity index (χ0) is 23.8. The standard InChI is InChI=1S/C26H35N5O2/c1-17-14-19(11-10-18(17)15-22(32)26(2,3)4)28-25-27-16-21-24(29-25)31(20-8-6-7-9-20)13-12-23(33)30(21)5/h10-11,14,16,20H,6-9,12-13,15H2,1-5H3,(H,27,28,29). The van der Waals surface area contributed by atoms with Gasteiger partial charge in [0.15, 0.2) is 5.82 Å². The van der Waals surface area contributed by atoms with Gasteiger partial charge < -0.3 is 15.1 Å². The van der Waals surface area contributed by atoms with Crippen LogP contribution >= 0.6 is 0 Å². The summed E-state index contributed by atoms with van der Waals surface area (Å²) in [5.41, 5.74) is 3.40. The van der Waals surface area contributed by atoms with E-state index in [1.54, 1.807) is 18.1 Å². The molecule has 7 nitrogen and oxygen atoms in total. The predicted octanol–water partition coefficient (Wildman–Crippen LogP) is 4.80. The van der Waals surface area contributed by atoms with Crippen molar-refractivity contribution in [2.45, 2.75) is 72.3 Å². The summed E-state index contributed by atoms with van der Waals surface area (Å²) in [6.45, 7) is 8.58. The molecule has 0 bridgehead atoms. The molecule has 2 heterocycles. The zero-order valence-electron chi connectivity index (χ0n) is 20.4. The minimum Gasteiger partial charge on any atom is -0.351 e. The fraction of sp³-hybridized carbons (Fsp3) is 0.538. The van der Waals surface area contributed by atoms with E-state index in [2.05, 4.69) is 15.2 Å². The van der Waals surface area contributed by atoms with Crippen LogP contribution in [0.5, 0.6) is 0 Å². The van der Waals surface area contributed by atoms with E-state index in [0.717, 1.165) is 41.2 Å². The number of aryl methyl sites for hydroxylation is 1. The van der Waals surface area contributed by atoms with Gasteiger partial charge in [0, 0.05) is 43.6 Å². The normalized spacial score (nSPS) is 17.2. The van der Waals surface area contributed by atoms with Crippen molar-refractivity contribution in [2.24, 2.45) is 5.41 Å². The minimum atomic E-state index is -0.348. The molecule has 0 atom stereocenters. The largest absolute Gasteiger partial charge is 0.351 e. The summed E-state index contributed by atoms with van der Waals surface area (Å²) in [6, 6.07) is 6.43. The van der Waals surface area contributed by atoms with Crippen LogP contribution in [-0.4, -0.2) is 41.3 Å². The molecule has 1 saturated carbocycles. The number of rotatable bonds is 5. The van der Waals surface area contributed by atoms with Crippen LogP contribution in [0, 0.1) is 12.3 Å². The number of Topliss-reactive ketones (excluding diaryl/α,β-unsaturated/α-hetero) is 1. The molecule has 0 unspecified atom stereocenters. The van der Waals surface area contributed by atoms with Crippen LogP contribution in [0.1, 0.15) is 64.0 Å². The van der Waals surface area contributed by atoms with Gasteiger partial charge in [0.25, 0.3) is 0 Å². The number of hydrogen-bond acceptors (Lipinski definition) is 6. The summed E-state index contributed by atoms with van der Waals surface area (Å²) in [4.78, 5) is 38.3. The maximum Gasteiger partial charge on any atom is 0.229 e. The monoisotopic (exact) mass is 449 g/mol. The number of carbonyl (C=O) groups excluding carboxylic acids is 2. The SMILES string of the molecule is Cc1cc(Nc2ncc3c(n2)N(C2CCCC2)CCC(=O)N3C)ccc1CC(=O)C(C)(C)C. The average Bonchev–Trinajstić information content (AvgIpc) is 3.25. The highest BCUT2D eigenvalue weighted by Gasteiger charge is 2.31. The summed E-state index contributed by atoms with van der Waals surface area (Å²) in [7, 11) is 1.80. The summed E-state index contributed by atoms with van der Waals surface area (Å²) < 4.78 is 0. The highest BCUT2D eigenvalue weighted by atomic mass is 16.2. The van der Waals surface area contributed by atoms with Gasteiger partial charge in [-0.25, -0.2) is 4.98 Å². The van der Waals surface area contributed by atoms with E-state index in [4.69, 9.17) is 4.98 Å². The number of aromatic nitrogens is 2. The minimum absolute atomic E-state index is 0.0945. The van der Waals surface area contributed by atoms with Crippen LogP contribution in [0.15, 0.2) is 24.4 Å². The van der Waals surface area contributed by atoms with E-state index < -0.39 is 0 Å². The lowest BCUT2D eigenvalue weighted by atomic mass is 9.86. The van der Waals surface area contributed by atoms with Crippen molar-refractivity contribution in [3.63, 3.8) is 0 Å². The van der Waals surface area contributed by atoms with Gasteiger partial charge in [-0.1, -0.05) is 39.7 Å². The Labute approximate surface area is 196 Å². The van der Waals surface area contributed by atoms with Gasteiger partial charge in [0.05, 0.1) is 6.20 Å². The van der Waals surface area contributed by atoms with Gasteiger partial charge in [0.1, 0.15) is 11.5 Å². The third-order valence-electron chi connectivity index (χ3n) is 6.88. The topological polar surface area (TPSA) is 78.4 Å². The van der Waals surface area contributed by atoms with Crippen molar-refractivity contribution >= 4 is 34.8 Å². The summed E-state index contributed by atoms with van der Waals surface area (Å²) in [5, 5.41) is 3.33. The second-order valence-corrected chi connectivity index (χ2v) is 10.4. The van der Waals surface area contributed by atoms with Crippen molar-refractivity contribution in [3.8, 4) is 0 Å². The fourth-order valence-corrected chi connectivity index (χ4v) is 4.61. The first-order valence-electron chi connectivity index (χ1n) is 11.9. The van der Waals surface area contributed by atoms with E-state index in [1.807, 2.05) is 45.9 Å². The Balaban J connectivity index is 1.59. The molecule has 0 saturated heterocycles. The number of carbonyl (C=O) groups is 2. The molecule has 1 fully saturated rings. The van der Waals surface area contributed by atoms with Gasteiger partial charge in [-0.15, -0.1) is 0 Å². The molecule has 1 N–H and O–H groups in total. The molecule has 1 amide bonds. The van der Waals surface area contributed by atoms with Crippen LogP contribution in [0.25, 0.3) is 0 Å². The molecule has 4 rings (SSSR count). The predicted molar refractivity (Wildman–Crippen MR) is 132 cm³/mol. The molecule has 1 aromatic heterocycles. The van der Waals surface area contributed by atoms with Gasteiger partial charge in [-0.2, -0.15) is 4.98 Å². The third-order valence-corrected chi connectivity index (χ3v) is 6.88. The Hall–Kier alpha value is -2.96. The average molecular weight is 450 g/mol. The lowest BCUT2D eigenvalue weighted by Gasteiger charge is -2.30. The van der Waals surface area contributed by atoms with E-state index in [1.165, 1.54) is 12.8 Å². The number of anilines is 4. The Morgan fingerprint density at radius 1 is 1.21 bits per heavy atom. The van der Waals surface area contributed by atoms with Crippen molar-refractivity contribution in [3.05, 3.63) is 35.5 Å². The molecule has 7 heteroatoms. The number of amides is 1. The molecular weight excluding hydrogens is 414 g/mol. The van der Waals surface area contributed by atoms with Gasteiger partial charge in [-0.3, -0.25) is 9.59 Å². The Morgan fingerprint density at radius 3 is 2.61 bits per heavy atom. The van der Waals surface area contributed by atoms with Crippen LogP contribution < -0.4 is 15.1 Å². The van der Waals surface area contributed by atoms with Crippen molar-refractivity contribution in [1.82, 2.24) is 9.97 Å². The van der Waals surface area contributed by atoms with E-state index in [-0.39, 0.29) is 17.1 Å². The molecule has 1 aliphatic heterocycles. The summed E-state index contributed by atoms with van der Waals surface area (Å²) in [6.07, 6.45) is 7.39. The first kappa shape index (κ1) is 23.2. The summed E-state index contributed by atoms with van der Waals surface area (Å²) in [5.74, 6) is 1.66. The third kappa shape index (κ3) is 5.02. The van der Waals surface area contributed by atoms with Crippen LogP contribution in [0.3, 0.4) is 0 Å². The first-order chi connectivity index (χ1) is 15.6. The van der Waals surface area contributed by atoms with E-state index in [9.17, 15) is 9.59 Å².